The predicted octanol–water partition coefficient (Wildman–Crippen LogP) is 4.91. The topological polar surface area (TPSA) is 41.6 Å². The number of carbonyl (C=O) groups excluding carboxylic acids is 1. The molecule has 0 spiro atoms. The van der Waals surface area contributed by atoms with Gasteiger partial charge in [0.25, 0.3) is 5.91 Å². The zero-order chi connectivity index (χ0) is 20.1. The summed E-state index contributed by atoms with van der Waals surface area (Å²) in [5.74, 6) is 0.670. The number of hydrogen-bond donors (Lipinski definition) is 1. The van der Waals surface area contributed by atoms with Crippen molar-refractivity contribution < 1.29 is 9.53 Å². The second kappa shape index (κ2) is 8.99. The van der Waals surface area contributed by atoms with Crippen molar-refractivity contribution in [3.63, 3.8) is 0 Å². The van der Waals surface area contributed by atoms with Crippen molar-refractivity contribution in [2.24, 2.45) is 0 Å². The third kappa shape index (κ3) is 4.53. The quantitative estimate of drug-likeness (QED) is 0.625. The summed E-state index contributed by atoms with van der Waals surface area (Å²) in [5, 5.41) is 5.17. The Labute approximate surface area is 172 Å². The molecule has 4 heteroatoms. The molecule has 0 unspecified atom stereocenters. The van der Waals surface area contributed by atoms with E-state index < -0.39 is 6.10 Å². The Hall–Kier alpha value is -3.01. The summed E-state index contributed by atoms with van der Waals surface area (Å²) in [7, 11) is 0. The Kier molecular flexibility index (Phi) is 5.99. The number of nitrogens with zero attached hydrogens (tertiary/aromatic N) is 1. The van der Waals surface area contributed by atoms with Gasteiger partial charge in [-0.1, -0.05) is 55.5 Å². The monoisotopic (exact) mass is 388 g/mol. The average molecular weight is 389 g/mol. The van der Waals surface area contributed by atoms with E-state index >= 15 is 0 Å². The summed E-state index contributed by atoms with van der Waals surface area (Å²) >= 11 is 0. The van der Waals surface area contributed by atoms with Crippen LogP contribution in [-0.2, 0) is 11.3 Å². The minimum Gasteiger partial charge on any atom is -0.480 e. The number of carbonyl (C=O) groups is 1. The van der Waals surface area contributed by atoms with Crippen molar-refractivity contribution in [2.75, 3.05) is 18.0 Å². The van der Waals surface area contributed by atoms with Gasteiger partial charge < -0.3 is 15.0 Å². The molecular weight excluding hydrogens is 360 g/mol. The summed E-state index contributed by atoms with van der Waals surface area (Å²) in [6.07, 6.45) is 2.65. The molecule has 0 aliphatic carbocycles. The predicted molar refractivity (Wildman–Crippen MR) is 118 cm³/mol. The fourth-order valence-electron chi connectivity index (χ4n) is 3.88. The molecule has 4 rings (SSSR count). The number of rotatable bonds is 7. The van der Waals surface area contributed by atoms with Gasteiger partial charge in [0.1, 0.15) is 5.75 Å². The van der Waals surface area contributed by atoms with E-state index in [1.54, 1.807) is 0 Å². The highest BCUT2D eigenvalue weighted by atomic mass is 16.5. The molecule has 3 aromatic carbocycles. The van der Waals surface area contributed by atoms with Gasteiger partial charge in [0.05, 0.1) is 0 Å². The lowest BCUT2D eigenvalue weighted by Crippen LogP contribution is -2.37. The number of amides is 1. The number of hydrogen-bond acceptors (Lipinski definition) is 3. The van der Waals surface area contributed by atoms with Crippen molar-refractivity contribution in [3.8, 4) is 5.75 Å². The van der Waals surface area contributed by atoms with Crippen LogP contribution in [0.1, 0.15) is 31.7 Å². The van der Waals surface area contributed by atoms with Crippen molar-refractivity contribution in [3.05, 3.63) is 72.3 Å². The molecule has 0 aromatic heterocycles. The molecule has 0 bridgehead atoms. The van der Waals surface area contributed by atoms with Crippen molar-refractivity contribution in [2.45, 2.75) is 38.8 Å². The van der Waals surface area contributed by atoms with Crippen LogP contribution in [-0.4, -0.2) is 25.1 Å². The van der Waals surface area contributed by atoms with Crippen LogP contribution in [0.2, 0.25) is 0 Å². The second-order valence-electron chi connectivity index (χ2n) is 7.57. The number of nitrogens with one attached hydrogen (secondary N) is 1. The Morgan fingerprint density at radius 3 is 2.48 bits per heavy atom. The van der Waals surface area contributed by atoms with E-state index in [2.05, 4.69) is 46.6 Å². The van der Waals surface area contributed by atoms with Crippen molar-refractivity contribution >= 4 is 22.4 Å². The van der Waals surface area contributed by atoms with Gasteiger partial charge in [-0.2, -0.15) is 0 Å². The molecule has 4 nitrogen and oxygen atoms in total. The maximum atomic E-state index is 12.7. The lowest BCUT2D eigenvalue weighted by Gasteiger charge is -2.19. The van der Waals surface area contributed by atoms with Crippen LogP contribution in [0, 0.1) is 0 Å². The molecule has 1 aliphatic rings. The first kappa shape index (κ1) is 19.3. The highest BCUT2D eigenvalue weighted by Gasteiger charge is 2.19. The maximum Gasteiger partial charge on any atom is 0.261 e. The summed E-state index contributed by atoms with van der Waals surface area (Å²) in [4.78, 5) is 15.1. The first-order chi connectivity index (χ1) is 14.2. The first-order valence-electron chi connectivity index (χ1n) is 10.5. The Morgan fingerprint density at radius 2 is 1.72 bits per heavy atom. The van der Waals surface area contributed by atoms with E-state index in [1.165, 1.54) is 18.5 Å². The largest absolute Gasteiger partial charge is 0.480 e. The van der Waals surface area contributed by atoms with Gasteiger partial charge in [-0.05, 0) is 48.4 Å². The van der Waals surface area contributed by atoms with Gasteiger partial charge >= 0.3 is 0 Å². The van der Waals surface area contributed by atoms with E-state index in [9.17, 15) is 4.79 Å². The van der Waals surface area contributed by atoms with E-state index in [-0.39, 0.29) is 5.91 Å². The van der Waals surface area contributed by atoms with Gasteiger partial charge in [-0.15, -0.1) is 0 Å². The van der Waals surface area contributed by atoms with E-state index in [1.807, 2.05) is 37.3 Å². The van der Waals surface area contributed by atoms with Gasteiger partial charge in [-0.3, -0.25) is 4.79 Å². The molecule has 0 saturated carbocycles. The lowest BCUT2D eigenvalue weighted by molar-refractivity contribution is -0.128. The van der Waals surface area contributed by atoms with Crippen LogP contribution >= 0.6 is 0 Å². The van der Waals surface area contributed by atoms with E-state index in [4.69, 9.17) is 4.74 Å². The molecule has 1 saturated heterocycles. The molecular formula is C25H28N2O2. The molecule has 1 fully saturated rings. The summed E-state index contributed by atoms with van der Waals surface area (Å²) in [6.45, 7) is 4.76. The number of fused-ring (bicyclic) bond motifs is 1. The van der Waals surface area contributed by atoms with Gasteiger partial charge in [0.15, 0.2) is 6.10 Å². The molecule has 29 heavy (non-hydrogen) atoms. The third-order valence-electron chi connectivity index (χ3n) is 5.56. The Morgan fingerprint density at radius 1 is 1.00 bits per heavy atom. The summed E-state index contributed by atoms with van der Waals surface area (Å²) in [6, 6.07) is 22.5. The SMILES string of the molecule is CC[C@H](Oc1cccc2ccccc12)C(=O)NCc1ccc(N2CCCC2)cc1. The zero-order valence-electron chi connectivity index (χ0n) is 16.9. The highest BCUT2D eigenvalue weighted by molar-refractivity contribution is 5.89. The normalized spacial score (nSPS) is 14.7. The molecule has 1 N–H and O–H groups in total. The van der Waals surface area contributed by atoms with Crippen LogP contribution < -0.4 is 15.0 Å². The van der Waals surface area contributed by atoms with Gasteiger partial charge in [-0.25, -0.2) is 0 Å². The van der Waals surface area contributed by atoms with Gasteiger partial charge in [0, 0.05) is 30.7 Å². The van der Waals surface area contributed by atoms with E-state index in [0.717, 1.165) is 35.2 Å². The minimum atomic E-state index is -0.510. The highest BCUT2D eigenvalue weighted by Crippen LogP contribution is 2.26. The van der Waals surface area contributed by atoms with Crippen LogP contribution in [0.25, 0.3) is 10.8 Å². The second-order valence-corrected chi connectivity index (χ2v) is 7.57. The minimum absolute atomic E-state index is 0.0796. The molecule has 1 heterocycles. The van der Waals surface area contributed by atoms with Crippen LogP contribution in [0.5, 0.6) is 5.75 Å². The van der Waals surface area contributed by atoms with Crippen LogP contribution in [0.15, 0.2) is 66.7 Å². The smallest absolute Gasteiger partial charge is 0.261 e. The molecule has 0 radical (unpaired) electrons. The van der Waals surface area contributed by atoms with E-state index in [0.29, 0.717) is 13.0 Å². The molecule has 1 amide bonds. The number of anilines is 1. The Bertz CT molecular complexity index is 957. The Balaban J connectivity index is 1.37. The average Bonchev–Trinajstić information content (AvgIpc) is 3.31. The third-order valence-corrected chi connectivity index (χ3v) is 5.56. The van der Waals surface area contributed by atoms with Crippen LogP contribution in [0.4, 0.5) is 5.69 Å². The first-order valence-corrected chi connectivity index (χ1v) is 10.5. The molecule has 1 aliphatic heterocycles. The summed E-state index contributed by atoms with van der Waals surface area (Å²) in [5.41, 5.74) is 2.37. The number of ether oxygens (including phenoxy) is 1. The fraction of sp³-hybridized carbons (Fsp3) is 0.320. The molecule has 1 atom stereocenters. The zero-order valence-corrected chi connectivity index (χ0v) is 16.9. The van der Waals surface area contributed by atoms with Crippen molar-refractivity contribution in [1.29, 1.82) is 0 Å². The van der Waals surface area contributed by atoms with Gasteiger partial charge in [0.2, 0.25) is 0 Å². The standard InChI is InChI=1S/C25H28N2O2/c1-2-23(29-24-11-7-9-20-8-3-4-10-22(20)24)25(28)26-18-19-12-14-21(15-13-19)27-16-5-6-17-27/h3-4,7-15,23H,2,5-6,16-18H2,1H3,(H,26,28)/t23-/m0/s1. The van der Waals surface area contributed by atoms with Crippen LogP contribution in [0.3, 0.4) is 0 Å². The van der Waals surface area contributed by atoms with Crippen molar-refractivity contribution in [1.82, 2.24) is 5.32 Å². The maximum absolute atomic E-state index is 12.7. The fourth-order valence-corrected chi connectivity index (χ4v) is 3.88. The summed E-state index contributed by atoms with van der Waals surface area (Å²) < 4.78 is 6.10. The number of benzene rings is 3. The molecule has 150 valence electrons. The lowest BCUT2D eigenvalue weighted by atomic mass is 10.1. The molecule has 3 aromatic rings.